The van der Waals surface area contributed by atoms with E-state index in [9.17, 15) is 14.4 Å². The number of halogens is 1. The van der Waals surface area contributed by atoms with Crippen LogP contribution < -0.4 is 10.1 Å². The molecule has 0 atom stereocenters. The third-order valence-electron chi connectivity index (χ3n) is 5.61. The van der Waals surface area contributed by atoms with E-state index < -0.39 is 17.8 Å². The minimum absolute atomic E-state index is 0.0720. The molecule has 0 aliphatic carbocycles. The zero-order chi connectivity index (χ0) is 24.4. The molecule has 0 bridgehead atoms. The van der Waals surface area contributed by atoms with Crippen molar-refractivity contribution in [3.8, 4) is 5.75 Å². The van der Waals surface area contributed by atoms with E-state index in [0.29, 0.717) is 24.5 Å². The smallest absolute Gasteiger partial charge is 0.331 e. The van der Waals surface area contributed by atoms with Crippen molar-refractivity contribution in [2.24, 2.45) is 0 Å². The lowest BCUT2D eigenvalue weighted by Crippen LogP contribution is -2.53. The largest absolute Gasteiger partial charge is 0.492 e. The molecule has 35 heavy (non-hydrogen) atoms. The van der Waals surface area contributed by atoms with Gasteiger partial charge in [-0.15, -0.1) is 0 Å². The molecule has 5 rings (SSSR count). The molecule has 1 N–H and O–H groups in total. The fraction of sp³-hybridized carbons (Fsp3) is 0.115. The molecule has 4 aromatic rings. The van der Waals surface area contributed by atoms with Gasteiger partial charge in [0.1, 0.15) is 23.7 Å². The quantitative estimate of drug-likeness (QED) is 0.273. The Hall–Kier alpha value is -4.11. The summed E-state index contributed by atoms with van der Waals surface area (Å²) < 4.78 is 14.1. The highest BCUT2D eigenvalue weighted by atomic mass is 79.9. The summed E-state index contributed by atoms with van der Waals surface area (Å²) in [5.41, 5.74) is 1.51. The third kappa shape index (κ3) is 4.76. The second-order valence-corrected chi connectivity index (χ2v) is 8.80. The first kappa shape index (κ1) is 22.7. The lowest BCUT2D eigenvalue weighted by molar-refractivity contribution is -0.130. The highest BCUT2D eigenvalue weighted by molar-refractivity contribution is 9.10. The Morgan fingerprint density at radius 1 is 1.00 bits per heavy atom. The molecular weight excluding hydrogens is 514 g/mol. The van der Waals surface area contributed by atoms with Crippen LogP contribution in [-0.2, 0) is 22.7 Å². The maximum atomic E-state index is 13.1. The van der Waals surface area contributed by atoms with Crippen LogP contribution in [0.5, 0.6) is 5.75 Å². The zero-order valence-corrected chi connectivity index (χ0v) is 20.0. The lowest BCUT2D eigenvalue weighted by Gasteiger charge is -2.25. The highest BCUT2D eigenvalue weighted by Gasteiger charge is 2.36. The number of barbiturate groups is 1. The van der Waals surface area contributed by atoms with Crippen LogP contribution in [0.1, 0.15) is 11.3 Å². The first-order valence-electron chi connectivity index (χ1n) is 10.9. The SMILES string of the molecule is O=C1NC(=O)N(Cc2ccco2)C(=O)/C1=C/c1cn(CCOc2ccc(Br)cc2)c2ccccc12. The minimum Gasteiger partial charge on any atom is -0.492 e. The van der Waals surface area contributed by atoms with E-state index in [4.69, 9.17) is 9.15 Å². The normalized spacial score (nSPS) is 15.2. The van der Waals surface area contributed by atoms with E-state index in [1.807, 2.05) is 59.3 Å². The molecule has 0 radical (unpaired) electrons. The van der Waals surface area contributed by atoms with Gasteiger partial charge in [0.05, 0.1) is 19.4 Å². The molecule has 1 saturated heterocycles. The van der Waals surface area contributed by atoms with Gasteiger partial charge in [0.2, 0.25) is 0 Å². The molecule has 4 amide bonds. The summed E-state index contributed by atoms with van der Waals surface area (Å²) in [6.45, 7) is 0.918. The molecule has 176 valence electrons. The van der Waals surface area contributed by atoms with Gasteiger partial charge in [0.25, 0.3) is 11.8 Å². The Balaban J connectivity index is 1.41. The number of furan rings is 1. The first-order valence-corrected chi connectivity index (χ1v) is 11.7. The summed E-state index contributed by atoms with van der Waals surface area (Å²) in [6.07, 6.45) is 4.85. The van der Waals surface area contributed by atoms with Crippen molar-refractivity contribution >= 4 is 50.8 Å². The van der Waals surface area contributed by atoms with Crippen molar-refractivity contribution < 1.29 is 23.5 Å². The second kappa shape index (κ2) is 9.63. The van der Waals surface area contributed by atoms with Crippen LogP contribution in [-0.4, -0.2) is 33.9 Å². The van der Waals surface area contributed by atoms with E-state index in [2.05, 4.69) is 21.2 Å². The summed E-state index contributed by atoms with van der Waals surface area (Å²) in [6, 6.07) is 17.8. The molecule has 8 nitrogen and oxygen atoms in total. The maximum absolute atomic E-state index is 13.1. The van der Waals surface area contributed by atoms with Gasteiger partial charge in [-0.2, -0.15) is 0 Å². The number of para-hydroxylation sites is 1. The molecule has 1 aliphatic rings. The molecule has 0 saturated carbocycles. The predicted molar refractivity (Wildman–Crippen MR) is 132 cm³/mol. The molecule has 2 aromatic heterocycles. The van der Waals surface area contributed by atoms with E-state index in [1.165, 1.54) is 12.3 Å². The molecule has 2 aromatic carbocycles. The zero-order valence-electron chi connectivity index (χ0n) is 18.4. The Labute approximate surface area is 208 Å². The number of fused-ring (bicyclic) bond motifs is 1. The fourth-order valence-electron chi connectivity index (χ4n) is 3.92. The summed E-state index contributed by atoms with van der Waals surface area (Å²) >= 11 is 3.41. The van der Waals surface area contributed by atoms with Gasteiger partial charge in [-0.25, -0.2) is 4.79 Å². The van der Waals surface area contributed by atoms with Crippen LogP contribution in [0, 0.1) is 0 Å². The van der Waals surface area contributed by atoms with Gasteiger partial charge in [-0.3, -0.25) is 19.8 Å². The molecule has 0 unspecified atom stereocenters. The standard InChI is InChI=1S/C26H20BrN3O5/c27-18-7-9-19(10-8-18)35-13-11-29-15-17(21-5-1-2-6-23(21)29)14-22-24(31)28-26(33)30(25(22)32)16-20-4-3-12-34-20/h1-10,12,14-15H,11,13,16H2,(H,28,31,33)/b22-14+. The topological polar surface area (TPSA) is 93.8 Å². The van der Waals surface area contributed by atoms with Gasteiger partial charge in [-0.05, 0) is 48.5 Å². The number of ether oxygens (including phenoxy) is 1. The fourth-order valence-corrected chi connectivity index (χ4v) is 4.18. The summed E-state index contributed by atoms with van der Waals surface area (Å²) in [5, 5.41) is 3.11. The lowest BCUT2D eigenvalue weighted by atomic mass is 10.1. The summed E-state index contributed by atoms with van der Waals surface area (Å²) in [5.74, 6) is -0.209. The average molecular weight is 534 g/mol. The van der Waals surface area contributed by atoms with Crippen LogP contribution in [0.25, 0.3) is 17.0 Å². The molecule has 9 heteroatoms. The van der Waals surface area contributed by atoms with Crippen LogP contribution in [0.2, 0.25) is 0 Å². The van der Waals surface area contributed by atoms with Crippen LogP contribution >= 0.6 is 15.9 Å². The number of carbonyl (C=O) groups is 3. The van der Waals surface area contributed by atoms with Gasteiger partial charge in [0.15, 0.2) is 0 Å². The summed E-state index contributed by atoms with van der Waals surface area (Å²) in [7, 11) is 0. The number of rotatable bonds is 7. The minimum atomic E-state index is -0.777. The number of hydrogen-bond acceptors (Lipinski definition) is 5. The molecule has 1 fully saturated rings. The first-order chi connectivity index (χ1) is 17.0. The number of nitrogens with one attached hydrogen (secondary N) is 1. The number of hydrogen-bond donors (Lipinski definition) is 1. The monoisotopic (exact) mass is 533 g/mol. The van der Waals surface area contributed by atoms with Gasteiger partial charge in [0, 0.05) is 27.1 Å². The van der Waals surface area contributed by atoms with Crippen molar-refractivity contribution in [1.29, 1.82) is 0 Å². The molecule has 1 aliphatic heterocycles. The molecular formula is C26H20BrN3O5. The third-order valence-corrected chi connectivity index (χ3v) is 6.14. The predicted octanol–water partition coefficient (Wildman–Crippen LogP) is 4.74. The highest BCUT2D eigenvalue weighted by Crippen LogP contribution is 2.26. The molecule has 0 spiro atoms. The van der Waals surface area contributed by atoms with Crippen molar-refractivity contribution in [3.63, 3.8) is 0 Å². The Bertz CT molecular complexity index is 1440. The van der Waals surface area contributed by atoms with Crippen molar-refractivity contribution in [2.75, 3.05) is 6.61 Å². The van der Waals surface area contributed by atoms with E-state index in [0.717, 1.165) is 26.0 Å². The van der Waals surface area contributed by atoms with Gasteiger partial charge in [-0.1, -0.05) is 34.1 Å². The molecule has 3 heterocycles. The van der Waals surface area contributed by atoms with E-state index in [1.54, 1.807) is 12.1 Å². The number of nitrogens with zero attached hydrogens (tertiary/aromatic N) is 2. The van der Waals surface area contributed by atoms with E-state index in [-0.39, 0.29) is 12.1 Å². The number of urea groups is 1. The van der Waals surface area contributed by atoms with Gasteiger partial charge < -0.3 is 13.7 Å². The Morgan fingerprint density at radius 3 is 2.57 bits per heavy atom. The number of imide groups is 2. The van der Waals surface area contributed by atoms with Gasteiger partial charge >= 0.3 is 6.03 Å². The van der Waals surface area contributed by atoms with E-state index >= 15 is 0 Å². The number of amides is 4. The number of aromatic nitrogens is 1. The second-order valence-electron chi connectivity index (χ2n) is 7.89. The number of benzene rings is 2. The van der Waals surface area contributed by atoms with Crippen molar-refractivity contribution in [3.05, 3.63) is 94.5 Å². The Kier molecular flexibility index (Phi) is 6.24. The van der Waals surface area contributed by atoms with Crippen LogP contribution in [0.3, 0.4) is 0 Å². The maximum Gasteiger partial charge on any atom is 0.331 e. The Morgan fingerprint density at radius 2 is 1.80 bits per heavy atom. The summed E-state index contributed by atoms with van der Waals surface area (Å²) in [4.78, 5) is 38.9. The average Bonchev–Trinajstić information content (AvgIpc) is 3.49. The number of carbonyl (C=O) groups excluding carboxylic acids is 3. The van der Waals surface area contributed by atoms with Crippen molar-refractivity contribution in [1.82, 2.24) is 14.8 Å². The van der Waals surface area contributed by atoms with Crippen molar-refractivity contribution in [2.45, 2.75) is 13.1 Å². The van der Waals surface area contributed by atoms with Crippen LogP contribution in [0.15, 0.2) is 87.6 Å². The van der Waals surface area contributed by atoms with Crippen LogP contribution in [0.4, 0.5) is 4.79 Å².